The minimum atomic E-state index is -0.405. The topological polar surface area (TPSA) is 237 Å². The normalized spacial score (nSPS) is 17.3. The van der Waals surface area contributed by atoms with E-state index in [1.807, 2.05) is 325 Å². The molecule has 3 N–H and O–H groups in total. The fourth-order valence-electron chi connectivity index (χ4n) is 19.7. The Hall–Kier alpha value is -13.8. The molecule has 0 radical (unpaired) electrons. The standard InChI is InChI=1S/2C30H34N2O3.2C29H32N2O3.CH4O.CH4/c2*1-31(20-12-15-23-13-6-3-7-14-23)27-22-32(21-26(27)30(34)35-2)29(33)28(24-16-8-4-9-17-24)25-18-10-5-11-19-25;2*1-34-29(33)25-20-31(21-26(25)30-19-11-14-22-12-5-2-6-13-22)28(32)27(23-15-7-3-8-16-23)24-17-9-4-10-18-24;1-2;/h2*3-11,13-14,16-19,26-28H,12,15,20-22H2,1-2H3;2*2-10,12-13,15-18,25-27,30H,11,14,19-21H2,1H3;2H,1H3;1H4/t2*26-,27-;2*25-,26-;;/m1010../s1. The minimum absolute atomic E-state index is 0. The lowest BCUT2D eigenvalue weighted by Gasteiger charge is -2.28. The Morgan fingerprint density at radius 1 is 0.270 bits per heavy atom. The first-order chi connectivity index (χ1) is 68.5. The van der Waals surface area contributed by atoms with Crippen LogP contribution in [-0.4, -0.2) is 234 Å². The Labute approximate surface area is 834 Å². The average molecular weight is 1900 g/mol. The van der Waals surface area contributed by atoms with E-state index in [-0.39, 0.29) is 103 Å². The molecule has 0 aliphatic carbocycles. The zero-order chi connectivity index (χ0) is 98.8. The molecule has 12 aromatic carbocycles. The highest BCUT2D eigenvalue weighted by molar-refractivity contribution is 5.92. The third-order valence-corrected chi connectivity index (χ3v) is 27.1. The van der Waals surface area contributed by atoms with Gasteiger partial charge in [-0.3, -0.25) is 38.4 Å². The predicted octanol–water partition coefficient (Wildman–Crippen LogP) is 17.1. The molecular weight excluding hydrogens is 1760 g/mol. The number of carbonyl (C=O) groups is 8. The number of aliphatic hydroxyl groups is 1. The summed E-state index contributed by atoms with van der Waals surface area (Å²) in [6, 6.07) is 120. The maximum Gasteiger partial charge on any atom is 0.312 e. The van der Waals surface area contributed by atoms with E-state index in [9.17, 15) is 38.4 Å². The SMILES string of the molecule is C.CO.COC(=O)[C@@H]1CN(C(=O)C(c2ccccc2)c2ccccc2)C[C@H]1N(C)CCCc1ccccc1.COC(=O)[C@@H]1CN(C(=O)C(c2ccccc2)c2ccccc2)C[C@H]1NCCCc1ccccc1.COC(=O)[C@H]1CN(C(=O)C(c2ccccc2)c2ccccc2)C[C@@H]1N(C)CCCc1ccccc1.COC(=O)[C@H]1CN(C(=O)C(c2ccccc2)c2ccccc2)C[C@@H]1NCCCc1ccccc1. The number of hydrogen-bond acceptors (Lipinski definition) is 17. The Bertz CT molecular complexity index is 5190. The van der Waals surface area contributed by atoms with Crippen molar-refractivity contribution in [1.82, 2.24) is 40.0 Å². The van der Waals surface area contributed by atoms with Crippen molar-refractivity contribution in [1.29, 1.82) is 0 Å². The number of nitrogens with zero attached hydrogens (tertiary/aromatic N) is 6. The number of hydrogen-bond donors (Lipinski definition) is 3. The molecule has 4 heterocycles. The molecule has 4 fully saturated rings. The van der Waals surface area contributed by atoms with Crippen molar-refractivity contribution in [3.63, 3.8) is 0 Å². The van der Waals surface area contributed by atoms with Gasteiger partial charge in [-0.25, -0.2) is 0 Å². The van der Waals surface area contributed by atoms with Crippen molar-refractivity contribution >= 4 is 47.5 Å². The summed E-state index contributed by atoms with van der Waals surface area (Å²) in [7, 11) is 10.8. The molecule has 141 heavy (non-hydrogen) atoms. The highest BCUT2D eigenvalue weighted by atomic mass is 16.5. The van der Waals surface area contributed by atoms with E-state index in [1.54, 1.807) is 0 Å². The van der Waals surface area contributed by atoms with E-state index in [1.165, 1.54) is 50.7 Å². The fraction of sp³-hybridized carbons (Fsp3) is 0.333. The zero-order valence-electron chi connectivity index (χ0n) is 81.7. The van der Waals surface area contributed by atoms with E-state index >= 15 is 0 Å². The van der Waals surface area contributed by atoms with Crippen molar-refractivity contribution in [2.45, 2.75) is 107 Å². The second-order valence-electron chi connectivity index (χ2n) is 36.1. The Morgan fingerprint density at radius 3 is 0.652 bits per heavy atom. The molecule has 738 valence electrons. The second kappa shape index (κ2) is 57.1. The van der Waals surface area contributed by atoms with Gasteiger partial charge in [-0.1, -0.05) is 371 Å². The number of likely N-dealkylation sites (tertiary alicyclic amines) is 4. The van der Waals surface area contributed by atoms with Crippen LogP contribution in [0.15, 0.2) is 364 Å². The predicted molar refractivity (Wildman–Crippen MR) is 558 cm³/mol. The number of amides is 4. The van der Waals surface area contributed by atoms with Crippen LogP contribution in [0.3, 0.4) is 0 Å². The summed E-state index contributed by atoms with van der Waals surface area (Å²) in [6.07, 6.45) is 7.77. The van der Waals surface area contributed by atoms with Crippen LogP contribution >= 0.6 is 0 Å². The van der Waals surface area contributed by atoms with Gasteiger partial charge < -0.3 is 64.1 Å². The molecule has 4 aliphatic rings. The Morgan fingerprint density at radius 2 is 0.447 bits per heavy atom. The number of methoxy groups -OCH3 is 4. The van der Waals surface area contributed by atoms with Crippen LogP contribution in [-0.2, 0) is 83.0 Å². The molecule has 0 saturated carbocycles. The van der Waals surface area contributed by atoms with Crippen LogP contribution in [0.4, 0.5) is 0 Å². The molecule has 0 spiro atoms. The molecule has 4 saturated heterocycles. The summed E-state index contributed by atoms with van der Waals surface area (Å²) < 4.78 is 20.4. The highest BCUT2D eigenvalue weighted by Crippen LogP contribution is 2.37. The molecular formula is C120H140N8O13. The van der Waals surface area contributed by atoms with E-state index in [0.717, 1.165) is 129 Å². The maximum atomic E-state index is 13.9. The number of esters is 4. The Kier molecular flexibility index (Phi) is 43.5. The third kappa shape index (κ3) is 30.6. The highest BCUT2D eigenvalue weighted by Gasteiger charge is 2.48. The maximum absolute atomic E-state index is 13.9. The number of carbonyl (C=O) groups excluding carboxylic acids is 8. The van der Waals surface area contributed by atoms with Gasteiger partial charge >= 0.3 is 23.9 Å². The summed E-state index contributed by atoms with van der Waals surface area (Å²) in [5, 5.41) is 14.1. The van der Waals surface area contributed by atoms with Gasteiger partial charge in [0.2, 0.25) is 23.6 Å². The zero-order valence-corrected chi connectivity index (χ0v) is 81.7. The largest absolute Gasteiger partial charge is 0.469 e. The number of aryl methyl sites for hydroxylation is 4. The molecule has 21 nitrogen and oxygen atoms in total. The number of likely N-dealkylation sites (N-methyl/N-ethyl adjacent to an activating group) is 2. The first-order valence-electron chi connectivity index (χ1n) is 48.8. The molecule has 21 heteroatoms. The summed E-state index contributed by atoms with van der Waals surface area (Å²) in [5.74, 6) is -4.07. The second-order valence-corrected chi connectivity index (χ2v) is 36.1. The number of aliphatic hydroxyl groups excluding tert-OH is 1. The molecule has 4 aliphatic heterocycles. The lowest BCUT2D eigenvalue weighted by atomic mass is 9.90. The quantitative estimate of drug-likeness (QED) is 0.0188. The van der Waals surface area contributed by atoms with Crippen LogP contribution in [0.5, 0.6) is 0 Å². The van der Waals surface area contributed by atoms with Gasteiger partial charge in [0.1, 0.15) is 0 Å². The van der Waals surface area contributed by atoms with E-state index in [4.69, 9.17) is 24.1 Å². The van der Waals surface area contributed by atoms with Crippen LogP contribution in [0, 0.1) is 23.7 Å². The van der Waals surface area contributed by atoms with Gasteiger partial charge in [0.05, 0.1) is 75.8 Å². The Balaban J connectivity index is 0.000000178. The average Bonchev–Trinajstić information content (AvgIpc) is 1.81. The van der Waals surface area contributed by atoms with Crippen LogP contribution < -0.4 is 10.6 Å². The van der Waals surface area contributed by atoms with Gasteiger partial charge in [-0.2, -0.15) is 0 Å². The molecule has 12 aromatic rings. The minimum Gasteiger partial charge on any atom is -0.469 e. The monoisotopic (exact) mass is 1900 g/mol. The van der Waals surface area contributed by atoms with E-state index in [0.29, 0.717) is 52.4 Å². The molecule has 8 atom stereocenters. The number of nitrogens with one attached hydrogen (secondary N) is 2. The summed E-state index contributed by atoms with van der Waals surface area (Å²) in [4.78, 5) is 118. The molecule has 0 aromatic heterocycles. The van der Waals surface area contributed by atoms with Crippen molar-refractivity contribution < 1.29 is 62.4 Å². The van der Waals surface area contributed by atoms with E-state index in [2.05, 4.69) is 93.2 Å². The molecule has 16 rings (SSSR count). The molecule has 0 unspecified atom stereocenters. The molecule has 4 amide bonds. The van der Waals surface area contributed by atoms with E-state index < -0.39 is 23.7 Å². The van der Waals surface area contributed by atoms with Crippen LogP contribution in [0.1, 0.15) is 124 Å². The smallest absolute Gasteiger partial charge is 0.312 e. The summed E-state index contributed by atoms with van der Waals surface area (Å²) >= 11 is 0. The number of rotatable bonds is 36. The van der Waals surface area contributed by atoms with Crippen molar-refractivity contribution in [3.05, 3.63) is 431 Å². The first kappa shape index (κ1) is 108. The van der Waals surface area contributed by atoms with Crippen molar-refractivity contribution in [2.75, 3.05) is 128 Å². The van der Waals surface area contributed by atoms with Gasteiger partial charge in [-0.05, 0) is 158 Å². The van der Waals surface area contributed by atoms with Gasteiger partial charge in [0.25, 0.3) is 0 Å². The van der Waals surface area contributed by atoms with Gasteiger partial charge in [0.15, 0.2) is 0 Å². The van der Waals surface area contributed by atoms with Crippen LogP contribution in [0.25, 0.3) is 0 Å². The first-order valence-corrected chi connectivity index (χ1v) is 48.8. The van der Waals surface area contributed by atoms with Gasteiger partial charge in [-0.15, -0.1) is 0 Å². The lowest BCUT2D eigenvalue weighted by Crippen LogP contribution is -2.42. The van der Waals surface area contributed by atoms with Crippen molar-refractivity contribution in [3.8, 4) is 0 Å². The lowest BCUT2D eigenvalue weighted by molar-refractivity contribution is -0.147. The molecule has 0 bridgehead atoms. The van der Waals surface area contributed by atoms with Crippen LogP contribution in [0.2, 0.25) is 0 Å². The third-order valence-electron chi connectivity index (χ3n) is 27.1. The summed E-state index contributed by atoms with van der Waals surface area (Å²) in [6.45, 7) is 6.69. The summed E-state index contributed by atoms with van der Waals surface area (Å²) in [5.41, 5.74) is 12.8. The van der Waals surface area contributed by atoms with Crippen molar-refractivity contribution in [2.24, 2.45) is 23.7 Å². The fourth-order valence-corrected chi connectivity index (χ4v) is 19.7. The van der Waals surface area contributed by atoms with Gasteiger partial charge in [0, 0.05) is 83.6 Å². The number of ether oxygens (including phenoxy) is 4. The number of benzene rings is 12.